The Morgan fingerprint density at radius 3 is 3.00 bits per heavy atom. The standard InChI is InChI=1S/C9H15N3/c1-3-7(2)12-9-8(10)5-4-6-11-9/h4-7H,3,10H2,1-2H3,(H,11,12). The highest BCUT2D eigenvalue weighted by atomic mass is 15.0. The number of pyridine rings is 1. The molecule has 1 aromatic rings. The van der Waals surface area contributed by atoms with Crippen molar-refractivity contribution in [3.63, 3.8) is 0 Å². The molecule has 1 rings (SSSR count). The fraction of sp³-hybridized carbons (Fsp3) is 0.444. The highest BCUT2D eigenvalue weighted by Gasteiger charge is 2.01. The van der Waals surface area contributed by atoms with E-state index in [0.29, 0.717) is 11.7 Å². The predicted molar refractivity (Wildman–Crippen MR) is 52.0 cm³/mol. The Hall–Kier alpha value is -1.25. The number of aromatic nitrogens is 1. The molecule has 1 aromatic heterocycles. The summed E-state index contributed by atoms with van der Waals surface area (Å²) < 4.78 is 0. The van der Waals surface area contributed by atoms with Gasteiger partial charge in [-0.05, 0) is 25.5 Å². The summed E-state index contributed by atoms with van der Waals surface area (Å²) >= 11 is 0. The van der Waals surface area contributed by atoms with E-state index in [2.05, 4.69) is 24.1 Å². The van der Waals surface area contributed by atoms with Crippen molar-refractivity contribution in [2.75, 3.05) is 11.1 Å². The summed E-state index contributed by atoms with van der Waals surface area (Å²) in [5, 5.41) is 3.22. The lowest BCUT2D eigenvalue weighted by Crippen LogP contribution is -2.15. The Kier molecular flexibility index (Phi) is 2.91. The topological polar surface area (TPSA) is 50.9 Å². The second kappa shape index (κ2) is 3.95. The summed E-state index contributed by atoms with van der Waals surface area (Å²) in [5.41, 5.74) is 6.40. The minimum atomic E-state index is 0.419. The van der Waals surface area contributed by atoms with Crippen molar-refractivity contribution in [2.45, 2.75) is 26.3 Å². The third kappa shape index (κ3) is 2.12. The summed E-state index contributed by atoms with van der Waals surface area (Å²) in [5.74, 6) is 0.784. The molecular formula is C9H15N3. The van der Waals surface area contributed by atoms with Crippen molar-refractivity contribution >= 4 is 11.5 Å². The van der Waals surface area contributed by atoms with E-state index in [1.807, 2.05) is 12.1 Å². The van der Waals surface area contributed by atoms with Crippen molar-refractivity contribution in [3.8, 4) is 0 Å². The van der Waals surface area contributed by atoms with Gasteiger partial charge in [0.15, 0.2) is 0 Å². The molecule has 1 atom stereocenters. The Balaban J connectivity index is 2.69. The van der Waals surface area contributed by atoms with Gasteiger partial charge in [-0.15, -0.1) is 0 Å². The highest BCUT2D eigenvalue weighted by molar-refractivity contribution is 5.60. The van der Waals surface area contributed by atoms with Gasteiger partial charge in [0.2, 0.25) is 0 Å². The number of nitrogens with two attached hydrogens (primary N) is 1. The first-order valence-corrected chi connectivity index (χ1v) is 4.21. The number of anilines is 2. The first-order valence-electron chi connectivity index (χ1n) is 4.21. The van der Waals surface area contributed by atoms with Crippen LogP contribution in [0.5, 0.6) is 0 Å². The summed E-state index contributed by atoms with van der Waals surface area (Å²) in [6.45, 7) is 4.23. The highest BCUT2D eigenvalue weighted by Crippen LogP contribution is 2.14. The number of nitrogens with zero attached hydrogens (tertiary/aromatic N) is 1. The minimum Gasteiger partial charge on any atom is -0.396 e. The number of nitrogen functional groups attached to an aromatic ring is 1. The third-order valence-electron chi connectivity index (χ3n) is 1.83. The Labute approximate surface area is 73.0 Å². The number of hydrogen-bond donors (Lipinski definition) is 2. The molecule has 0 bridgehead atoms. The summed E-state index contributed by atoms with van der Waals surface area (Å²) in [6.07, 6.45) is 2.80. The van der Waals surface area contributed by atoms with Crippen molar-refractivity contribution in [1.82, 2.24) is 4.98 Å². The van der Waals surface area contributed by atoms with Gasteiger partial charge in [0.1, 0.15) is 5.82 Å². The minimum absolute atomic E-state index is 0.419. The van der Waals surface area contributed by atoms with Gasteiger partial charge in [-0.3, -0.25) is 0 Å². The van der Waals surface area contributed by atoms with Crippen molar-refractivity contribution in [3.05, 3.63) is 18.3 Å². The van der Waals surface area contributed by atoms with E-state index in [-0.39, 0.29) is 0 Å². The fourth-order valence-corrected chi connectivity index (χ4v) is 0.874. The first kappa shape index (κ1) is 8.84. The van der Waals surface area contributed by atoms with E-state index in [9.17, 15) is 0 Å². The molecule has 1 unspecified atom stereocenters. The van der Waals surface area contributed by atoms with Crippen LogP contribution in [0.4, 0.5) is 11.5 Å². The molecule has 0 spiro atoms. The largest absolute Gasteiger partial charge is 0.396 e. The molecule has 66 valence electrons. The van der Waals surface area contributed by atoms with E-state index in [0.717, 1.165) is 12.2 Å². The second-order valence-corrected chi connectivity index (χ2v) is 2.89. The van der Waals surface area contributed by atoms with E-state index in [1.54, 1.807) is 6.20 Å². The molecule has 0 aliphatic rings. The molecule has 0 aliphatic carbocycles. The Morgan fingerprint density at radius 2 is 2.42 bits per heavy atom. The van der Waals surface area contributed by atoms with Crippen LogP contribution in [0.25, 0.3) is 0 Å². The van der Waals surface area contributed by atoms with Crippen LogP contribution in [-0.2, 0) is 0 Å². The lowest BCUT2D eigenvalue weighted by Gasteiger charge is -2.12. The van der Waals surface area contributed by atoms with Crippen LogP contribution in [0.3, 0.4) is 0 Å². The summed E-state index contributed by atoms with van der Waals surface area (Å²) in [4.78, 5) is 4.13. The van der Waals surface area contributed by atoms with Gasteiger partial charge in [-0.1, -0.05) is 6.92 Å². The normalized spacial score (nSPS) is 12.5. The first-order chi connectivity index (χ1) is 5.74. The Morgan fingerprint density at radius 1 is 1.67 bits per heavy atom. The van der Waals surface area contributed by atoms with Crippen LogP contribution in [0, 0.1) is 0 Å². The Bertz CT molecular complexity index is 247. The number of rotatable bonds is 3. The monoisotopic (exact) mass is 165 g/mol. The number of hydrogen-bond acceptors (Lipinski definition) is 3. The third-order valence-corrected chi connectivity index (χ3v) is 1.83. The number of nitrogens with one attached hydrogen (secondary N) is 1. The lowest BCUT2D eigenvalue weighted by atomic mass is 10.2. The van der Waals surface area contributed by atoms with E-state index in [1.165, 1.54) is 0 Å². The average molecular weight is 165 g/mol. The molecule has 0 radical (unpaired) electrons. The molecule has 3 N–H and O–H groups in total. The molecule has 0 aliphatic heterocycles. The van der Waals surface area contributed by atoms with Crippen LogP contribution >= 0.6 is 0 Å². The quantitative estimate of drug-likeness (QED) is 0.719. The maximum Gasteiger partial charge on any atom is 0.149 e. The van der Waals surface area contributed by atoms with Gasteiger partial charge >= 0.3 is 0 Å². The molecule has 0 saturated heterocycles. The molecule has 3 nitrogen and oxygen atoms in total. The summed E-state index contributed by atoms with van der Waals surface area (Å²) in [6, 6.07) is 4.09. The van der Waals surface area contributed by atoms with Gasteiger partial charge in [-0.2, -0.15) is 0 Å². The van der Waals surface area contributed by atoms with Crippen LogP contribution in [0.1, 0.15) is 20.3 Å². The molecule has 0 saturated carbocycles. The van der Waals surface area contributed by atoms with Crippen LogP contribution in [-0.4, -0.2) is 11.0 Å². The van der Waals surface area contributed by atoms with Crippen LogP contribution in [0.15, 0.2) is 18.3 Å². The smallest absolute Gasteiger partial charge is 0.149 e. The van der Waals surface area contributed by atoms with Crippen molar-refractivity contribution in [1.29, 1.82) is 0 Å². The molecule has 0 aromatic carbocycles. The van der Waals surface area contributed by atoms with E-state index < -0.39 is 0 Å². The average Bonchev–Trinajstić information content (AvgIpc) is 2.09. The molecule has 3 heteroatoms. The lowest BCUT2D eigenvalue weighted by molar-refractivity contribution is 0.760. The van der Waals surface area contributed by atoms with Gasteiger partial charge in [0.05, 0.1) is 5.69 Å². The van der Waals surface area contributed by atoms with Crippen molar-refractivity contribution in [2.24, 2.45) is 0 Å². The molecular weight excluding hydrogens is 150 g/mol. The predicted octanol–water partition coefficient (Wildman–Crippen LogP) is 1.87. The fourth-order valence-electron chi connectivity index (χ4n) is 0.874. The SMILES string of the molecule is CCC(C)Nc1ncccc1N. The van der Waals surface area contributed by atoms with Crippen molar-refractivity contribution < 1.29 is 0 Å². The second-order valence-electron chi connectivity index (χ2n) is 2.89. The maximum atomic E-state index is 5.70. The zero-order chi connectivity index (χ0) is 8.97. The molecule has 0 amide bonds. The zero-order valence-corrected chi connectivity index (χ0v) is 7.54. The van der Waals surface area contributed by atoms with Gasteiger partial charge < -0.3 is 11.1 Å². The van der Waals surface area contributed by atoms with Gasteiger partial charge in [0.25, 0.3) is 0 Å². The molecule has 12 heavy (non-hydrogen) atoms. The van der Waals surface area contributed by atoms with Gasteiger partial charge in [-0.25, -0.2) is 4.98 Å². The van der Waals surface area contributed by atoms with E-state index >= 15 is 0 Å². The van der Waals surface area contributed by atoms with Crippen LogP contribution < -0.4 is 11.1 Å². The molecule has 1 heterocycles. The van der Waals surface area contributed by atoms with Gasteiger partial charge in [0, 0.05) is 12.2 Å². The maximum absolute atomic E-state index is 5.70. The molecule has 0 fully saturated rings. The zero-order valence-electron chi connectivity index (χ0n) is 7.54. The summed E-state index contributed by atoms with van der Waals surface area (Å²) in [7, 11) is 0. The van der Waals surface area contributed by atoms with E-state index in [4.69, 9.17) is 5.73 Å². The van der Waals surface area contributed by atoms with Crippen LogP contribution in [0.2, 0.25) is 0 Å².